The summed E-state index contributed by atoms with van der Waals surface area (Å²) in [6.45, 7) is 8.81. The summed E-state index contributed by atoms with van der Waals surface area (Å²) in [7, 11) is 0. The number of unbranched alkanes of at least 4 members (excludes halogenated alkanes) is 1. The van der Waals surface area contributed by atoms with Crippen molar-refractivity contribution < 1.29 is 19.4 Å². The molecule has 0 heterocycles. The number of benzene rings is 2. The van der Waals surface area contributed by atoms with Crippen molar-refractivity contribution in [2.45, 2.75) is 53.4 Å². The summed E-state index contributed by atoms with van der Waals surface area (Å²) in [6, 6.07) is 9.60. The Hall–Kier alpha value is -2.49. The quantitative estimate of drug-likeness (QED) is 0.449. The van der Waals surface area contributed by atoms with Gasteiger partial charge < -0.3 is 14.6 Å². The maximum Gasteiger partial charge on any atom is 0.163 e. The molecular weight excluding hydrogens is 340 g/mol. The maximum atomic E-state index is 11.6. The van der Waals surface area contributed by atoms with Crippen molar-refractivity contribution in [3.8, 4) is 17.2 Å². The number of ether oxygens (including phenoxy) is 2. The first-order valence-electron chi connectivity index (χ1n) is 9.62. The second kappa shape index (κ2) is 10.0. The summed E-state index contributed by atoms with van der Waals surface area (Å²) in [5.41, 5.74) is 3.45. The highest BCUT2D eigenvalue weighted by atomic mass is 16.5. The first kappa shape index (κ1) is 20.8. The third kappa shape index (κ3) is 5.75. The normalized spacial score (nSPS) is 10.7. The van der Waals surface area contributed by atoms with Crippen LogP contribution in [0.3, 0.4) is 0 Å². The number of hydrogen-bond donors (Lipinski definition) is 1. The first-order valence-corrected chi connectivity index (χ1v) is 9.62. The van der Waals surface area contributed by atoms with Gasteiger partial charge in [0.25, 0.3) is 0 Å². The average Bonchev–Trinajstić information content (AvgIpc) is 2.61. The van der Waals surface area contributed by atoms with E-state index in [1.165, 1.54) is 12.5 Å². The topological polar surface area (TPSA) is 55.8 Å². The highest BCUT2D eigenvalue weighted by molar-refractivity contribution is 5.97. The van der Waals surface area contributed by atoms with Crippen molar-refractivity contribution in [2.75, 3.05) is 13.2 Å². The van der Waals surface area contributed by atoms with Gasteiger partial charge in [0.1, 0.15) is 17.2 Å². The van der Waals surface area contributed by atoms with E-state index in [1.807, 2.05) is 13.0 Å². The van der Waals surface area contributed by atoms with Crippen LogP contribution < -0.4 is 9.47 Å². The minimum Gasteiger partial charge on any atom is -0.507 e. The molecule has 0 aromatic heterocycles. The Balaban J connectivity index is 1.84. The van der Waals surface area contributed by atoms with E-state index in [0.29, 0.717) is 30.9 Å². The van der Waals surface area contributed by atoms with Crippen LogP contribution in [0.2, 0.25) is 0 Å². The van der Waals surface area contributed by atoms with Gasteiger partial charge in [-0.1, -0.05) is 31.0 Å². The minimum atomic E-state index is -0.139. The van der Waals surface area contributed by atoms with E-state index in [0.717, 1.165) is 36.1 Å². The van der Waals surface area contributed by atoms with Gasteiger partial charge in [-0.3, -0.25) is 4.79 Å². The van der Waals surface area contributed by atoms with Crippen molar-refractivity contribution >= 4 is 5.78 Å². The molecule has 4 nitrogen and oxygen atoms in total. The van der Waals surface area contributed by atoms with Crippen molar-refractivity contribution in [1.29, 1.82) is 0 Å². The van der Waals surface area contributed by atoms with Gasteiger partial charge in [-0.05, 0) is 63.8 Å². The Kier molecular flexibility index (Phi) is 7.71. The Labute approximate surface area is 162 Å². The molecular formula is C23H30O4. The number of hydrogen-bond acceptors (Lipinski definition) is 4. The van der Waals surface area contributed by atoms with E-state index in [1.54, 1.807) is 12.1 Å². The maximum absolute atomic E-state index is 11.6. The van der Waals surface area contributed by atoms with Crippen molar-refractivity contribution in [3.63, 3.8) is 0 Å². The van der Waals surface area contributed by atoms with Crippen molar-refractivity contribution in [3.05, 3.63) is 52.6 Å². The van der Waals surface area contributed by atoms with Gasteiger partial charge in [0, 0.05) is 5.56 Å². The van der Waals surface area contributed by atoms with Gasteiger partial charge in [0.05, 0.1) is 18.8 Å². The lowest BCUT2D eigenvalue weighted by Crippen LogP contribution is -2.05. The fourth-order valence-corrected chi connectivity index (χ4v) is 3.06. The minimum absolute atomic E-state index is 0.0556. The number of Topliss-reactive ketones (excluding diaryl/α,β-unsaturated/α-hetero) is 1. The van der Waals surface area contributed by atoms with Crippen LogP contribution in [0.5, 0.6) is 17.2 Å². The van der Waals surface area contributed by atoms with Crippen LogP contribution in [0, 0.1) is 13.8 Å². The van der Waals surface area contributed by atoms with Crippen LogP contribution in [0.15, 0.2) is 30.3 Å². The van der Waals surface area contributed by atoms with E-state index in [9.17, 15) is 9.90 Å². The number of phenols is 1. The fourth-order valence-electron chi connectivity index (χ4n) is 3.06. The van der Waals surface area contributed by atoms with E-state index in [4.69, 9.17) is 9.47 Å². The van der Waals surface area contributed by atoms with Crippen LogP contribution in [0.1, 0.15) is 60.2 Å². The number of phenolic OH excluding ortho intramolecular Hbond substituents is 1. The second-order valence-electron chi connectivity index (χ2n) is 6.92. The molecule has 0 unspecified atom stereocenters. The number of aryl methyl sites for hydroxylation is 2. The van der Waals surface area contributed by atoms with Gasteiger partial charge in [0.2, 0.25) is 0 Å². The molecule has 0 aliphatic heterocycles. The monoisotopic (exact) mass is 370 g/mol. The van der Waals surface area contributed by atoms with Crippen LogP contribution in [0.25, 0.3) is 0 Å². The standard InChI is InChI=1S/C23H30O4/c1-5-8-20-22(12-10-19(18(4)24)23(20)25)27-14-7-6-13-26-21-11-9-16(2)15-17(21)3/h9-12,15,25H,5-8,13-14H2,1-4H3. The van der Waals surface area contributed by atoms with Gasteiger partial charge in [-0.2, -0.15) is 0 Å². The Morgan fingerprint density at radius 3 is 2.22 bits per heavy atom. The lowest BCUT2D eigenvalue weighted by molar-refractivity contribution is 0.101. The molecule has 2 rings (SSSR count). The molecule has 0 atom stereocenters. The highest BCUT2D eigenvalue weighted by Gasteiger charge is 2.15. The van der Waals surface area contributed by atoms with Gasteiger partial charge >= 0.3 is 0 Å². The van der Waals surface area contributed by atoms with E-state index >= 15 is 0 Å². The summed E-state index contributed by atoms with van der Waals surface area (Å²) >= 11 is 0. The van der Waals surface area contributed by atoms with Gasteiger partial charge in [-0.15, -0.1) is 0 Å². The number of carbonyl (C=O) groups is 1. The largest absolute Gasteiger partial charge is 0.507 e. The lowest BCUT2D eigenvalue weighted by Gasteiger charge is -2.15. The Bertz CT molecular complexity index is 780. The lowest BCUT2D eigenvalue weighted by atomic mass is 10.0. The third-order valence-electron chi connectivity index (χ3n) is 4.50. The summed E-state index contributed by atoms with van der Waals surface area (Å²) in [5.74, 6) is 1.51. The van der Waals surface area contributed by atoms with Gasteiger partial charge in [0.15, 0.2) is 5.78 Å². The number of aromatic hydroxyl groups is 1. The Morgan fingerprint density at radius 2 is 1.63 bits per heavy atom. The molecule has 0 amide bonds. The predicted molar refractivity (Wildman–Crippen MR) is 108 cm³/mol. The van der Waals surface area contributed by atoms with E-state index < -0.39 is 0 Å². The summed E-state index contributed by atoms with van der Waals surface area (Å²) < 4.78 is 11.7. The van der Waals surface area contributed by atoms with Gasteiger partial charge in [-0.25, -0.2) is 0 Å². The van der Waals surface area contributed by atoms with Crippen LogP contribution in [0.4, 0.5) is 0 Å². The number of carbonyl (C=O) groups excluding carboxylic acids is 1. The molecule has 0 radical (unpaired) electrons. The molecule has 1 N–H and O–H groups in total. The van der Waals surface area contributed by atoms with E-state index in [2.05, 4.69) is 26.0 Å². The Morgan fingerprint density at radius 1 is 1.00 bits per heavy atom. The van der Waals surface area contributed by atoms with E-state index in [-0.39, 0.29) is 11.5 Å². The molecule has 4 heteroatoms. The van der Waals surface area contributed by atoms with Crippen LogP contribution >= 0.6 is 0 Å². The number of ketones is 1. The fraction of sp³-hybridized carbons (Fsp3) is 0.435. The number of rotatable bonds is 10. The molecule has 27 heavy (non-hydrogen) atoms. The molecule has 0 aliphatic carbocycles. The second-order valence-corrected chi connectivity index (χ2v) is 6.92. The molecule has 146 valence electrons. The smallest absolute Gasteiger partial charge is 0.163 e. The average molecular weight is 370 g/mol. The molecule has 0 bridgehead atoms. The van der Waals surface area contributed by atoms with Crippen molar-refractivity contribution in [2.24, 2.45) is 0 Å². The molecule has 0 saturated carbocycles. The molecule has 2 aromatic rings. The van der Waals surface area contributed by atoms with Crippen LogP contribution in [-0.4, -0.2) is 24.1 Å². The summed E-state index contributed by atoms with van der Waals surface area (Å²) in [5, 5.41) is 10.4. The zero-order chi connectivity index (χ0) is 19.8. The molecule has 0 aliphatic rings. The van der Waals surface area contributed by atoms with Crippen LogP contribution in [-0.2, 0) is 6.42 Å². The third-order valence-corrected chi connectivity index (χ3v) is 4.50. The first-order chi connectivity index (χ1) is 12.9. The molecule has 0 fully saturated rings. The summed E-state index contributed by atoms with van der Waals surface area (Å²) in [6.07, 6.45) is 3.28. The zero-order valence-electron chi connectivity index (χ0n) is 16.8. The zero-order valence-corrected chi connectivity index (χ0v) is 16.8. The predicted octanol–water partition coefficient (Wildman–Crippen LogP) is 5.40. The summed E-state index contributed by atoms with van der Waals surface area (Å²) in [4.78, 5) is 11.6. The molecule has 2 aromatic carbocycles. The SMILES string of the molecule is CCCc1c(OCCCCOc2ccc(C)cc2C)ccc(C(C)=O)c1O. The molecule has 0 saturated heterocycles. The molecule has 0 spiro atoms. The van der Waals surface area contributed by atoms with Crippen molar-refractivity contribution in [1.82, 2.24) is 0 Å². The highest BCUT2D eigenvalue weighted by Crippen LogP contribution is 2.33.